The van der Waals surface area contributed by atoms with Gasteiger partial charge in [0.25, 0.3) is 0 Å². The maximum Gasteiger partial charge on any atom is 0.0917 e. The molecular weight excluding hydrogens is 172 g/mol. The fourth-order valence-electron chi connectivity index (χ4n) is 1.00. The molecule has 14 heavy (non-hydrogen) atoms. The van der Waals surface area contributed by atoms with Crippen molar-refractivity contribution in [2.45, 2.75) is 33.7 Å². The summed E-state index contributed by atoms with van der Waals surface area (Å²) in [6, 6.07) is 0.386. The molecule has 0 aromatic carbocycles. The zero-order chi connectivity index (χ0) is 11.1. The smallest absolute Gasteiger partial charge is 0.0917 e. The highest BCUT2D eigenvalue weighted by Gasteiger charge is 2.04. The van der Waals surface area contributed by atoms with Crippen LogP contribution in [0.5, 0.6) is 0 Å². The van der Waals surface area contributed by atoms with Gasteiger partial charge in [-0.3, -0.25) is 4.68 Å². The topological polar surface area (TPSA) is 17.8 Å². The molecule has 1 aromatic rings. The monoisotopic (exact) mass is 192 g/mol. The number of hydrogen-bond donors (Lipinski definition) is 0. The molecule has 0 saturated carbocycles. The van der Waals surface area contributed by atoms with Crippen LogP contribution < -0.4 is 0 Å². The summed E-state index contributed by atoms with van der Waals surface area (Å²) in [4.78, 5) is 0. The largest absolute Gasteiger partial charge is 0.269 e. The van der Waals surface area contributed by atoms with Crippen LogP contribution in [-0.4, -0.2) is 9.78 Å². The van der Waals surface area contributed by atoms with Crippen LogP contribution in [0.3, 0.4) is 0 Å². The van der Waals surface area contributed by atoms with E-state index in [4.69, 9.17) is 0 Å². The molecule has 0 amide bonds. The van der Waals surface area contributed by atoms with Gasteiger partial charge in [-0.25, -0.2) is 0 Å². The van der Waals surface area contributed by atoms with E-state index in [1.54, 1.807) is 12.2 Å². The molecule has 1 heterocycles. The average Bonchev–Trinajstić information content (AvgIpc) is 2.63. The van der Waals surface area contributed by atoms with Crippen LogP contribution in [0.4, 0.5) is 0 Å². The van der Waals surface area contributed by atoms with Gasteiger partial charge in [0.05, 0.1) is 5.69 Å². The second kappa shape index (κ2) is 6.19. The summed E-state index contributed by atoms with van der Waals surface area (Å²) >= 11 is 0. The fourth-order valence-corrected chi connectivity index (χ4v) is 1.00. The lowest BCUT2D eigenvalue weighted by molar-refractivity contribution is 0.531. The first kappa shape index (κ1) is 12.7. The Labute approximate surface area is 86.9 Å². The highest BCUT2D eigenvalue weighted by Crippen LogP contribution is 2.12. The highest BCUT2D eigenvalue weighted by molar-refractivity contribution is 5.59. The Morgan fingerprint density at radius 1 is 1.29 bits per heavy atom. The Kier molecular flexibility index (Phi) is 5.61. The first-order chi connectivity index (χ1) is 6.69. The molecule has 0 bridgehead atoms. The van der Waals surface area contributed by atoms with E-state index >= 15 is 0 Å². The molecule has 2 heteroatoms. The molecule has 0 unspecified atom stereocenters. The van der Waals surface area contributed by atoms with E-state index in [9.17, 15) is 0 Å². The third kappa shape index (κ3) is 2.87. The number of hydrogen-bond acceptors (Lipinski definition) is 1. The summed E-state index contributed by atoms with van der Waals surface area (Å²) in [5, 5.41) is 4.33. The van der Waals surface area contributed by atoms with Gasteiger partial charge in [0.1, 0.15) is 0 Å². The van der Waals surface area contributed by atoms with Crippen molar-refractivity contribution in [3.63, 3.8) is 0 Å². The van der Waals surface area contributed by atoms with Crippen LogP contribution in [0.2, 0.25) is 0 Å². The number of nitrogens with zero attached hydrogens (tertiary/aromatic N) is 2. The standard InChI is InChI=1S/C10H14N2.C2H6/c1-5-9-7-12(8(3)4)11-10(9)6-2;1-2/h5-8H,1-2H2,3-4H3;1-2H3. The Bertz CT molecular complexity index is 270. The van der Waals surface area contributed by atoms with Crippen molar-refractivity contribution in [1.29, 1.82) is 0 Å². The van der Waals surface area contributed by atoms with Gasteiger partial charge < -0.3 is 0 Å². The molecule has 0 aliphatic carbocycles. The Balaban J connectivity index is 0.000000791. The van der Waals surface area contributed by atoms with E-state index < -0.39 is 0 Å². The van der Waals surface area contributed by atoms with Crippen molar-refractivity contribution < 1.29 is 0 Å². The van der Waals surface area contributed by atoms with Crippen molar-refractivity contribution in [1.82, 2.24) is 9.78 Å². The van der Waals surface area contributed by atoms with Crippen molar-refractivity contribution in [3.8, 4) is 0 Å². The highest BCUT2D eigenvalue weighted by atomic mass is 15.3. The lowest BCUT2D eigenvalue weighted by Crippen LogP contribution is -2.00. The van der Waals surface area contributed by atoms with Crippen LogP contribution in [0.25, 0.3) is 12.2 Å². The van der Waals surface area contributed by atoms with E-state index in [1.165, 1.54) is 0 Å². The van der Waals surface area contributed by atoms with E-state index in [2.05, 4.69) is 32.1 Å². The first-order valence-electron chi connectivity index (χ1n) is 5.03. The van der Waals surface area contributed by atoms with Crippen LogP contribution in [-0.2, 0) is 0 Å². The molecule has 0 saturated heterocycles. The van der Waals surface area contributed by atoms with Gasteiger partial charge in [0.2, 0.25) is 0 Å². The zero-order valence-corrected chi connectivity index (χ0v) is 9.62. The van der Waals surface area contributed by atoms with Crippen molar-refractivity contribution in [2.75, 3.05) is 0 Å². The minimum absolute atomic E-state index is 0.386. The van der Waals surface area contributed by atoms with Gasteiger partial charge in [0, 0.05) is 17.8 Å². The summed E-state index contributed by atoms with van der Waals surface area (Å²) in [6.45, 7) is 15.6. The van der Waals surface area contributed by atoms with Crippen molar-refractivity contribution in [2.24, 2.45) is 0 Å². The maximum atomic E-state index is 4.33. The molecule has 1 rings (SSSR count). The molecule has 0 radical (unpaired) electrons. The molecule has 0 fully saturated rings. The first-order valence-corrected chi connectivity index (χ1v) is 5.03. The minimum Gasteiger partial charge on any atom is -0.269 e. The number of rotatable bonds is 3. The quantitative estimate of drug-likeness (QED) is 0.712. The predicted octanol–water partition coefficient (Wildman–Crippen LogP) is 3.78. The molecule has 1 aromatic heterocycles. The summed E-state index contributed by atoms with van der Waals surface area (Å²) in [5.41, 5.74) is 1.94. The Morgan fingerprint density at radius 3 is 2.14 bits per heavy atom. The molecule has 0 aliphatic heterocycles. The van der Waals surface area contributed by atoms with Gasteiger partial charge in [-0.05, 0) is 19.9 Å². The molecule has 0 spiro atoms. The molecule has 0 atom stereocenters. The maximum absolute atomic E-state index is 4.33. The summed E-state index contributed by atoms with van der Waals surface area (Å²) in [5.74, 6) is 0. The van der Waals surface area contributed by atoms with Gasteiger partial charge in [-0.1, -0.05) is 33.1 Å². The average molecular weight is 192 g/mol. The van der Waals surface area contributed by atoms with E-state index in [0.717, 1.165) is 11.3 Å². The van der Waals surface area contributed by atoms with Gasteiger partial charge in [-0.2, -0.15) is 5.10 Å². The van der Waals surface area contributed by atoms with E-state index in [1.807, 2.05) is 24.7 Å². The van der Waals surface area contributed by atoms with Crippen molar-refractivity contribution >= 4 is 12.2 Å². The van der Waals surface area contributed by atoms with Crippen LogP contribution >= 0.6 is 0 Å². The molecule has 0 N–H and O–H groups in total. The molecule has 78 valence electrons. The minimum atomic E-state index is 0.386. The van der Waals surface area contributed by atoms with Crippen LogP contribution in [0.15, 0.2) is 19.4 Å². The van der Waals surface area contributed by atoms with Gasteiger partial charge >= 0.3 is 0 Å². The number of aromatic nitrogens is 2. The van der Waals surface area contributed by atoms with Crippen LogP contribution in [0, 0.1) is 0 Å². The van der Waals surface area contributed by atoms with Gasteiger partial charge in [0.15, 0.2) is 0 Å². The Hall–Kier alpha value is -1.31. The third-order valence-corrected chi connectivity index (χ3v) is 1.73. The molecule has 0 aliphatic rings. The predicted molar refractivity (Wildman–Crippen MR) is 64.1 cm³/mol. The van der Waals surface area contributed by atoms with Crippen molar-refractivity contribution in [3.05, 3.63) is 30.6 Å². The fraction of sp³-hybridized carbons (Fsp3) is 0.417. The lowest BCUT2D eigenvalue weighted by Gasteiger charge is -2.02. The second-order valence-electron chi connectivity index (χ2n) is 2.95. The lowest BCUT2D eigenvalue weighted by atomic mass is 10.2. The Morgan fingerprint density at radius 2 is 1.86 bits per heavy atom. The van der Waals surface area contributed by atoms with Crippen LogP contribution in [0.1, 0.15) is 45.0 Å². The summed E-state index contributed by atoms with van der Waals surface area (Å²) in [6.07, 6.45) is 5.52. The second-order valence-corrected chi connectivity index (χ2v) is 2.95. The summed E-state index contributed by atoms with van der Waals surface area (Å²) in [7, 11) is 0. The summed E-state index contributed by atoms with van der Waals surface area (Å²) < 4.78 is 1.91. The third-order valence-electron chi connectivity index (χ3n) is 1.73. The SMILES string of the molecule is C=Cc1cn(C(C)C)nc1C=C.CC. The van der Waals surface area contributed by atoms with E-state index in [-0.39, 0.29) is 0 Å². The van der Waals surface area contributed by atoms with Gasteiger partial charge in [-0.15, -0.1) is 0 Å². The van der Waals surface area contributed by atoms with E-state index in [0.29, 0.717) is 6.04 Å². The zero-order valence-electron chi connectivity index (χ0n) is 9.62. The normalized spacial score (nSPS) is 9.21. The molecule has 2 nitrogen and oxygen atoms in total. The molecular formula is C12H20N2.